The topological polar surface area (TPSA) is 54.4 Å². The first-order chi connectivity index (χ1) is 8.20. The van der Waals surface area contributed by atoms with Crippen LogP contribution in [0, 0.1) is 6.92 Å². The van der Waals surface area contributed by atoms with Crippen LogP contribution in [0.3, 0.4) is 0 Å². The van der Waals surface area contributed by atoms with E-state index in [0.717, 1.165) is 5.56 Å². The molecule has 2 aromatic rings. The van der Waals surface area contributed by atoms with Crippen LogP contribution in [-0.2, 0) is 0 Å². The molecule has 0 aliphatic carbocycles. The highest BCUT2D eigenvalue weighted by atomic mass is 16.5. The molecule has 1 aromatic heterocycles. The lowest BCUT2D eigenvalue weighted by Gasteiger charge is -2.11. The molecule has 0 radical (unpaired) electrons. The Hall–Kier alpha value is -2.23. The summed E-state index contributed by atoms with van der Waals surface area (Å²) in [6, 6.07) is 10.8. The van der Waals surface area contributed by atoms with Gasteiger partial charge in [0.25, 0.3) is 0 Å². The number of aromatic hydroxyl groups is 1. The summed E-state index contributed by atoms with van der Waals surface area (Å²) in [5.41, 5.74) is 1.61. The molecule has 2 N–H and O–H groups in total. The van der Waals surface area contributed by atoms with Gasteiger partial charge in [0, 0.05) is 6.07 Å². The van der Waals surface area contributed by atoms with Crippen molar-refractivity contribution in [2.75, 3.05) is 12.4 Å². The van der Waals surface area contributed by atoms with Crippen LogP contribution in [0.1, 0.15) is 5.56 Å². The second kappa shape index (κ2) is 4.74. The van der Waals surface area contributed by atoms with Crippen molar-refractivity contribution in [2.45, 2.75) is 6.92 Å². The molecule has 0 spiro atoms. The van der Waals surface area contributed by atoms with E-state index >= 15 is 0 Å². The van der Waals surface area contributed by atoms with E-state index in [-0.39, 0.29) is 5.75 Å². The summed E-state index contributed by atoms with van der Waals surface area (Å²) in [4.78, 5) is 4.22. The number of methoxy groups -OCH3 is 1. The maximum atomic E-state index is 9.76. The van der Waals surface area contributed by atoms with Crippen molar-refractivity contribution < 1.29 is 9.84 Å². The van der Waals surface area contributed by atoms with Crippen LogP contribution in [0.2, 0.25) is 0 Å². The first-order valence-corrected chi connectivity index (χ1v) is 5.27. The third-order valence-electron chi connectivity index (χ3n) is 2.44. The van der Waals surface area contributed by atoms with Gasteiger partial charge in [0.15, 0.2) is 0 Å². The highest BCUT2D eigenvalue weighted by Gasteiger charge is 2.05. The van der Waals surface area contributed by atoms with Gasteiger partial charge in [0.05, 0.1) is 12.8 Å². The van der Waals surface area contributed by atoms with Gasteiger partial charge < -0.3 is 15.2 Å². The maximum Gasteiger partial charge on any atom is 0.214 e. The van der Waals surface area contributed by atoms with Gasteiger partial charge in [-0.05, 0) is 24.6 Å². The Morgan fingerprint density at radius 2 is 1.94 bits per heavy atom. The highest BCUT2D eigenvalue weighted by Crippen LogP contribution is 2.29. The third-order valence-corrected chi connectivity index (χ3v) is 2.44. The third kappa shape index (κ3) is 2.47. The number of hydrogen-bond acceptors (Lipinski definition) is 4. The van der Waals surface area contributed by atoms with Gasteiger partial charge in [-0.25, -0.2) is 0 Å². The Labute approximate surface area is 99.9 Å². The molecule has 17 heavy (non-hydrogen) atoms. The normalized spacial score (nSPS) is 10.0. The average Bonchev–Trinajstić information content (AvgIpc) is 2.34. The summed E-state index contributed by atoms with van der Waals surface area (Å²) in [6.45, 7) is 1.92. The molecule has 0 aliphatic rings. The van der Waals surface area contributed by atoms with Gasteiger partial charge in [-0.3, -0.25) is 0 Å². The molecule has 0 amide bonds. The van der Waals surface area contributed by atoms with Crippen molar-refractivity contribution in [3.05, 3.63) is 42.0 Å². The molecule has 0 saturated carbocycles. The minimum Gasteiger partial charge on any atom is -0.506 e. The number of nitrogens with one attached hydrogen (secondary N) is 1. The lowest BCUT2D eigenvalue weighted by Crippen LogP contribution is -1.97. The zero-order valence-corrected chi connectivity index (χ0v) is 9.77. The van der Waals surface area contributed by atoms with E-state index in [1.54, 1.807) is 25.3 Å². The number of phenolic OH excluding ortho intramolecular Hbond substituents is 1. The fourth-order valence-electron chi connectivity index (χ4n) is 1.54. The van der Waals surface area contributed by atoms with E-state index in [4.69, 9.17) is 4.74 Å². The number of benzene rings is 1. The Morgan fingerprint density at radius 3 is 2.65 bits per heavy atom. The number of hydrogen-bond donors (Lipinski definition) is 2. The summed E-state index contributed by atoms with van der Waals surface area (Å²) >= 11 is 0. The lowest BCUT2D eigenvalue weighted by molar-refractivity contribution is 0.398. The maximum absolute atomic E-state index is 9.76. The van der Waals surface area contributed by atoms with Crippen molar-refractivity contribution in [1.82, 2.24) is 4.98 Å². The smallest absolute Gasteiger partial charge is 0.214 e. The lowest BCUT2D eigenvalue weighted by atomic mass is 10.2. The molecule has 0 atom stereocenters. The SMILES string of the molecule is COc1cccc(Nc2c(C)cccc2O)n1. The van der Waals surface area contributed by atoms with Crippen LogP contribution < -0.4 is 10.1 Å². The zero-order chi connectivity index (χ0) is 12.3. The van der Waals surface area contributed by atoms with E-state index < -0.39 is 0 Å². The van der Waals surface area contributed by atoms with Crippen molar-refractivity contribution in [3.8, 4) is 11.6 Å². The Bertz CT molecular complexity index is 506. The molecule has 2 rings (SSSR count). The van der Waals surface area contributed by atoms with Gasteiger partial charge >= 0.3 is 0 Å². The number of ether oxygens (including phenoxy) is 1. The molecule has 0 bridgehead atoms. The molecule has 0 fully saturated rings. The van der Waals surface area contributed by atoms with Gasteiger partial charge in [-0.15, -0.1) is 0 Å². The first kappa shape index (κ1) is 11.3. The number of pyridine rings is 1. The Kier molecular flexibility index (Phi) is 3.14. The zero-order valence-electron chi connectivity index (χ0n) is 9.77. The molecular formula is C13H14N2O2. The molecule has 1 heterocycles. The van der Waals surface area contributed by atoms with Crippen LogP contribution in [0.4, 0.5) is 11.5 Å². The summed E-state index contributed by atoms with van der Waals surface area (Å²) in [7, 11) is 1.57. The van der Waals surface area contributed by atoms with E-state index in [1.807, 2.05) is 25.1 Å². The van der Waals surface area contributed by atoms with Crippen LogP contribution in [0.15, 0.2) is 36.4 Å². The number of phenols is 1. The molecule has 4 heteroatoms. The van der Waals surface area contributed by atoms with Crippen molar-refractivity contribution in [2.24, 2.45) is 0 Å². The van der Waals surface area contributed by atoms with Crippen LogP contribution in [0.5, 0.6) is 11.6 Å². The van der Waals surface area contributed by atoms with E-state index in [0.29, 0.717) is 17.4 Å². The number of anilines is 2. The first-order valence-electron chi connectivity index (χ1n) is 5.27. The number of rotatable bonds is 3. The number of aryl methyl sites for hydroxylation is 1. The quantitative estimate of drug-likeness (QED) is 0.796. The molecule has 88 valence electrons. The summed E-state index contributed by atoms with van der Waals surface area (Å²) in [6.07, 6.45) is 0. The largest absolute Gasteiger partial charge is 0.506 e. The number of nitrogens with zero attached hydrogens (tertiary/aromatic N) is 1. The monoisotopic (exact) mass is 230 g/mol. The van der Waals surface area contributed by atoms with Gasteiger partial charge in [0.1, 0.15) is 11.6 Å². The summed E-state index contributed by atoms with van der Waals surface area (Å²) < 4.78 is 5.04. The highest BCUT2D eigenvalue weighted by molar-refractivity contribution is 5.67. The molecular weight excluding hydrogens is 216 g/mol. The van der Waals surface area contributed by atoms with Crippen molar-refractivity contribution >= 4 is 11.5 Å². The van der Waals surface area contributed by atoms with Gasteiger partial charge in [0.2, 0.25) is 5.88 Å². The molecule has 4 nitrogen and oxygen atoms in total. The second-order valence-electron chi connectivity index (χ2n) is 3.66. The Balaban J connectivity index is 2.31. The predicted octanol–water partition coefficient (Wildman–Crippen LogP) is 2.85. The second-order valence-corrected chi connectivity index (χ2v) is 3.66. The fourth-order valence-corrected chi connectivity index (χ4v) is 1.54. The van der Waals surface area contributed by atoms with Crippen molar-refractivity contribution in [3.63, 3.8) is 0 Å². The van der Waals surface area contributed by atoms with E-state index in [1.165, 1.54) is 0 Å². The molecule has 0 unspecified atom stereocenters. The summed E-state index contributed by atoms with van der Waals surface area (Å²) in [5, 5.41) is 12.8. The molecule has 1 aromatic carbocycles. The van der Waals surface area contributed by atoms with Gasteiger partial charge in [-0.1, -0.05) is 18.2 Å². The minimum absolute atomic E-state index is 0.203. The van der Waals surface area contributed by atoms with Crippen LogP contribution in [0.25, 0.3) is 0 Å². The van der Waals surface area contributed by atoms with Gasteiger partial charge in [-0.2, -0.15) is 4.98 Å². The van der Waals surface area contributed by atoms with E-state index in [2.05, 4.69) is 10.3 Å². The standard InChI is InChI=1S/C13H14N2O2/c1-9-5-3-6-10(16)13(9)15-11-7-4-8-12(14-11)17-2/h3-8,16H,1-2H3,(H,14,15). The molecule has 0 saturated heterocycles. The van der Waals surface area contributed by atoms with Crippen LogP contribution in [-0.4, -0.2) is 17.2 Å². The van der Waals surface area contributed by atoms with Crippen LogP contribution >= 0.6 is 0 Å². The molecule has 0 aliphatic heterocycles. The summed E-state index contributed by atoms with van der Waals surface area (Å²) in [5.74, 6) is 1.37. The number of aromatic nitrogens is 1. The number of para-hydroxylation sites is 1. The fraction of sp³-hybridized carbons (Fsp3) is 0.154. The minimum atomic E-state index is 0.203. The Morgan fingerprint density at radius 1 is 1.18 bits per heavy atom. The predicted molar refractivity (Wildman–Crippen MR) is 66.9 cm³/mol. The van der Waals surface area contributed by atoms with Crippen molar-refractivity contribution in [1.29, 1.82) is 0 Å². The average molecular weight is 230 g/mol. The van der Waals surface area contributed by atoms with E-state index in [9.17, 15) is 5.11 Å².